The van der Waals surface area contributed by atoms with Gasteiger partial charge in [0.2, 0.25) is 0 Å². The molecule has 3 aromatic carbocycles. The molecule has 5 heteroatoms. The summed E-state index contributed by atoms with van der Waals surface area (Å²) in [7, 11) is 0. The first-order chi connectivity index (χ1) is 16.6. The Labute approximate surface area is 201 Å². The second kappa shape index (κ2) is 12.2. The Hall–Kier alpha value is -2.60. The Kier molecular flexibility index (Phi) is 8.80. The third-order valence-electron chi connectivity index (χ3n) is 6.70. The second-order valence-corrected chi connectivity index (χ2v) is 9.34. The average molecular weight is 465 g/mol. The molecule has 0 spiro atoms. The molecule has 4 rings (SSSR count). The smallest absolute Gasteiger partial charge is 0.123 e. The molecule has 180 valence electrons. The summed E-state index contributed by atoms with van der Waals surface area (Å²) in [6.07, 6.45) is 3.82. The number of piperidine rings is 1. The van der Waals surface area contributed by atoms with E-state index in [0.717, 1.165) is 56.4 Å². The normalized spacial score (nSPS) is 16.1. The zero-order chi connectivity index (χ0) is 23.8. The van der Waals surface area contributed by atoms with E-state index in [1.807, 2.05) is 6.07 Å². The number of hydrogen-bond acceptors (Lipinski definition) is 3. The summed E-state index contributed by atoms with van der Waals surface area (Å²) in [5.41, 5.74) is 9.44. The largest absolute Gasteiger partial charge is 0.369 e. The van der Waals surface area contributed by atoms with E-state index in [1.54, 1.807) is 24.3 Å². The third-order valence-corrected chi connectivity index (χ3v) is 6.70. The van der Waals surface area contributed by atoms with Gasteiger partial charge in [0.25, 0.3) is 0 Å². The van der Waals surface area contributed by atoms with E-state index in [1.165, 1.54) is 29.8 Å². The van der Waals surface area contributed by atoms with E-state index in [-0.39, 0.29) is 23.8 Å². The van der Waals surface area contributed by atoms with Gasteiger partial charge in [-0.15, -0.1) is 0 Å². The fourth-order valence-corrected chi connectivity index (χ4v) is 4.78. The van der Waals surface area contributed by atoms with Gasteiger partial charge in [0, 0.05) is 19.2 Å². The minimum absolute atomic E-state index is 0.148. The number of nitrogens with two attached hydrogens (primary N) is 1. The van der Waals surface area contributed by atoms with E-state index in [0.29, 0.717) is 12.5 Å². The maximum Gasteiger partial charge on any atom is 0.123 e. The predicted molar refractivity (Wildman–Crippen MR) is 132 cm³/mol. The van der Waals surface area contributed by atoms with Crippen molar-refractivity contribution in [3.8, 4) is 0 Å². The van der Waals surface area contributed by atoms with E-state index in [9.17, 15) is 8.78 Å². The Bertz CT molecular complexity index is 941. The number of hydrogen-bond donors (Lipinski definition) is 1. The predicted octanol–water partition coefficient (Wildman–Crippen LogP) is 5.74. The maximum absolute atomic E-state index is 13.4. The van der Waals surface area contributed by atoms with Crippen LogP contribution in [0.5, 0.6) is 0 Å². The van der Waals surface area contributed by atoms with E-state index in [2.05, 4.69) is 29.2 Å². The standard InChI is InChI=1S/C29H34F2N2O/c30-26-10-6-24(7-11-26)29(25-8-12-27(31)13-9-25)34-19-16-22-14-17-33(18-15-22)21-28(32)20-23-4-2-1-3-5-23/h1-13,22,28-29H,14-21,32H2/t28-/m0/s1. The first-order valence-electron chi connectivity index (χ1n) is 12.2. The second-order valence-electron chi connectivity index (χ2n) is 9.34. The topological polar surface area (TPSA) is 38.5 Å². The molecule has 34 heavy (non-hydrogen) atoms. The molecule has 0 unspecified atom stereocenters. The van der Waals surface area contributed by atoms with Gasteiger partial charge in [-0.3, -0.25) is 0 Å². The summed E-state index contributed by atoms with van der Waals surface area (Å²) in [4.78, 5) is 2.48. The molecule has 0 saturated carbocycles. The highest BCUT2D eigenvalue weighted by Crippen LogP contribution is 2.28. The van der Waals surface area contributed by atoms with Crippen LogP contribution in [0.3, 0.4) is 0 Å². The van der Waals surface area contributed by atoms with Crippen molar-refractivity contribution < 1.29 is 13.5 Å². The first-order valence-corrected chi connectivity index (χ1v) is 12.2. The van der Waals surface area contributed by atoms with Crippen molar-refractivity contribution in [1.29, 1.82) is 0 Å². The lowest BCUT2D eigenvalue weighted by atomic mass is 9.93. The molecule has 0 aromatic heterocycles. The number of benzene rings is 3. The van der Waals surface area contributed by atoms with E-state index in [4.69, 9.17) is 10.5 Å². The Morgan fingerprint density at radius 3 is 1.94 bits per heavy atom. The molecule has 1 heterocycles. The van der Waals surface area contributed by atoms with Crippen LogP contribution in [0.4, 0.5) is 8.78 Å². The van der Waals surface area contributed by atoms with Crippen molar-refractivity contribution in [2.24, 2.45) is 11.7 Å². The molecule has 0 bridgehead atoms. The van der Waals surface area contributed by atoms with Gasteiger partial charge in [-0.2, -0.15) is 0 Å². The van der Waals surface area contributed by atoms with Crippen LogP contribution >= 0.6 is 0 Å². The molecule has 1 fully saturated rings. The number of ether oxygens (including phenoxy) is 1. The van der Waals surface area contributed by atoms with Crippen LogP contribution in [-0.2, 0) is 11.2 Å². The average Bonchev–Trinajstić information content (AvgIpc) is 2.85. The van der Waals surface area contributed by atoms with Crippen LogP contribution in [-0.4, -0.2) is 37.2 Å². The van der Waals surface area contributed by atoms with Crippen molar-refractivity contribution in [2.75, 3.05) is 26.2 Å². The fraction of sp³-hybridized carbons (Fsp3) is 0.379. The monoisotopic (exact) mass is 464 g/mol. The lowest BCUT2D eigenvalue weighted by Gasteiger charge is -2.33. The summed E-state index contributed by atoms with van der Waals surface area (Å²) in [5, 5.41) is 0. The van der Waals surface area contributed by atoms with Gasteiger partial charge < -0.3 is 15.4 Å². The van der Waals surface area contributed by atoms with Crippen molar-refractivity contribution >= 4 is 0 Å². The lowest BCUT2D eigenvalue weighted by molar-refractivity contribution is 0.0596. The summed E-state index contributed by atoms with van der Waals surface area (Å²) >= 11 is 0. The van der Waals surface area contributed by atoms with Crippen molar-refractivity contribution in [3.63, 3.8) is 0 Å². The summed E-state index contributed by atoms with van der Waals surface area (Å²) in [6, 6.07) is 23.3. The van der Waals surface area contributed by atoms with Crippen LogP contribution in [0.2, 0.25) is 0 Å². The maximum atomic E-state index is 13.4. The number of nitrogens with zero attached hydrogens (tertiary/aromatic N) is 1. The fourth-order valence-electron chi connectivity index (χ4n) is 4.78. The highest BCUT2D eigenvalue weighted by Gasteiger charge is 2.22. The Morgan fingerprint density at radius 2 is 1.38 bits per heavy atom. The van der Waals surface area contributed by atoms with Gasteiger partial charge in [-0.1, -0.05) is 54.6 Å². The molecule has 0 amide bonds. The molecule has 1 aliphatic rings. The molecule has 2 N–H and O–H groups in total. The quantitative estimate of drug-likeness (QED) is 0.416. The van der Waals surface area contributed by atoms with Gasteiger partial charge in [0.1, 0.15) is 17.7 Å². The number of rotatable bonds is 10. The lowest BCUT2D eigenvalue weighted by Crippen LogP contribution is -2.43. The van der Waals surface area contributed by atoms with Gasteiger partial charge in [-0.25, -0.2) is 8.78 Å². The highest BCUT2D eigenvalue weighted by atomic mass is 19.1. The van der Waals surface area contributed by atoms with Gasteiger partial charge in [-0.05, 0) is 85.6 Å². The molecular formula is C29H34F2N2O. The molecular weight excluding hydrogens is 430 g/mol. The molecule has 1 aliphatic heterocycles. The van der Waals surface area contributed by atoms with Crippen LogP contribution in [0, 0.1) is 17.6 Å². The molecule has 1 atom stereocenters. The Balaban J connectivity index is 1.24. The van der Waals surface area contributed by atoms with Crippen LogP contribution in [0.15, 0.2) is 78.9 Å². The highest BCUT2D eigenvalue weighted by molar-refractivity contribution is 5.30. The number of halogens is 2. The van der Waals surface area contributed by atoms with Crippen molar-refractivity contribution in [3.05, 3.63) is 107 Å². The zero-order valence-electron chi connectivity index (χ0n) is 19.6. The van der Waals surface area contributed by atoms with Gasteiger partial charge >= 0.3 is 0 Å². The molecule has 3 nitrogen and oxygen atoms in total. The van der Waals surface area contributed by atoms with E-state index < -0.39 is 0 Å². The molecule has 3 aromatic rings. The van der Waals surface area contributed by atoms with Crippen molar-refractivity contribution in [1.82, 2.24) is 4.90 Å². The molecule has 1 saturated heterocycles. The molecule has 0 aliphatic carbocycles. The molecule has 0 radical (unpaired) electrons. The minimum Gasteiger partial charge on any atom is -0.369 e. The first kappa shape index (κ1) is 24.5. The summed E-state index contributed by atoms with van der Waals surface area (Å²) < 4.78 is 33.1. The number of likely N-dealkylation sites (tertiary alicyclic amines) is 1. The van der Waals surface area contributed by atoms with Gasteiger partial charge in [0.15, 0.2) is 0 Å². The summed E-state index contributed by atoms with van der Waals surface area (Å²) in [5.74, 6) is 0.0531. The SMILES string of the molecule is N[C@@H](Cc1ccccc1)CN1CCC(CCOC(c2ccc(F)cc2)c2ccc(F)cc2)CC1. The van der Waals surface area contributed by atoms with Gasteiger partial charge in [0.05, 0.1) is 0 Å². The third kappa shape index (κ3) is 7.20. The van der Waals surface area contributed by atoms with Crippen LogP contribution in [0.1, 0.15) is 42.1 Å². The zero-order valence-corrected chi connectivity index (χ0v) is 19.6. The summed E-state index contributed by atoms with van der Waals surface area (Å²) in [6.45, 7) is 3.66. The Morgan fingerprint density at radius 1 is 0.824 bits per heavy atom. The van der Waals surface area contributed by atoms with Crippen molar-refractivity contribution in [2.45, 2.75) is 37.8 Å². The minimum atomic E-state index is -0.336. The van der Waals surface area contributed by atoms with Crippen LogP contribution < -0.4 is 5.73 Å². The van der Waals surface area contributed by atoms with Crippen LogP contribution in [0.25, 0.3) is 0 Å². The van der Waals surface area contributed by atoms with E-state index >= 15 is 0 Å².